The quantitative estimate of drug-likeness (QED) is 0.491. The van der Waals surface area contributed by atoms with Crippen molar-refractivity contribution in [2.45, 2.75) is 13.3 Å². The Morgan fingerprint density at radius 1 is 1.57 bits per heavy atom. The Morgan fingerprint density at radius 3 is 2.64 bits per heavy atom. The summed E-state index contributed by atoms with van der Waals surface area (Å²) in [6, 6.07) is -0.343. The van der Waals surface area contributed by atoms with Crippen LogP contribution in [0.25, 0.3) is 0 Å². The number of nitrogens with one attached hydrogen (secondary N) is 2. The Morgan fingerprint density at radius 2 is 2.21 bits per heavy atom. The molecule has 2 amide bonds. The zero-order valence-electron chi connectivity index (χ0n) is 8.43. The van der Waals surface area contributed by atoms with E-state index in [9.17, 15) is 4.79 Å². The lowest BCUT2D eigenvalue weighted by atomic mass is 10.2. The summed E-state index contributed by atoms with van der Waals surface area (Å²) in [4.78, 5) is 10.9. The first-order valence-electron chi connectivity index (χ1n) is 4.34. The van der Waals surface area contributed by atoms with Gasteiger partial charge in [0.25, 0.3) is 0 Å². The zero-order chi connectivity index (χ0) is 11.0. The summed E-state index contributed by atoms with van der Waals surface area (Å²) in [5.41, 5.74) is 6.44. The first-order chi connectivity index (χ1) is 6.63. The smallest absolute Gasteiger partial charge is 0.320 e. The summed E-state index contributed by atoms with van der Waals surface area (Å²) < 4.78 is 0. The molecule has 0 aromatic carbocycles. The summed E-state index contributed by atoms with van der Waals surface area (Å²) in [6.07, 6.45) is 4.48. The number of halogens is 1. The second-order valence-corrected chi connectivity index (χ2v) is 2.89. The van der Waals surface area contributed by atoms with Crippen molar-refractivity contribution in [3.8, 4) is 0 Å². The van der Waals surface area contributed by atoms with Crippen molar-refractivity contribution in [3.63, 3.8) is 0 Å². The van der Waals surface area contributed by atoms with Crippen LogP contribution in [-0.2, 0) is 0 Å². The molecule has 0 aliphatic rings. The van der Waals surface area contributed by atoms with Crippen molar-refractivity contribution in [2.75, 3.05) is 12.9 Å². The lowest BCUT2D eigenvalue weighted by Crippen LogP contribution is -2.35. The molecular weight excluding hydrogens is 202 g/mol. The van der Waals surface area contributed by atoms with Crippen LogP contribution in [0.2, 0.25) is 0 Å². The number of carbonyl (C=O) groups is 1. The fraction of sp³-hybridized carbons (Fsp3) is 0.444. The van der Waals surface area contributed by atoms with E-state index in [-0.39, 0.29) is 11.9 Å². The van der Waals surface area contributed by atoms with E-state index in [4.69, 9.17) is 17.3 Å². The fourth-order valence-electron chi connectivity index (χ4n) is 0.844. The Labute approximate surface area is 89.2 Å². The molecule has 0 aromatic rings. The Balaban J connectivity index is 4.33. The number of urea groups is 1. The number of amides is 2. The van der Waals surface area contributed by atoms with Gasteiger partial charge in [0.15, 0.2) is 0 Å². The number of hydrogen-bond donors (Lipinski definition) is 3. The average Bonchev–Trinajstić information content (AvgIpc) is 2.16. The minimum atomic E-state index is -0.343. The second kappa shape index (κ2) is 7.26. The molecule has 0 saturated heterocycles. The van der Waals surface area contributed by atoms with Crippen molar-refractivity contribution in [3.05, 3.63) is 23.5 Å². The predicted octanol–water partition coefficient (Wildman–Crippen LogP) is 1.29. The van der Waals surface area contributed by atoms with Gasteiger partial charge in [-0.05, 0) is 18.1 Å². The van der Waals surface area contributed by atoms with Gasteiger partial charge in [-0.25, -0.2) is 4.79 Å². The molecule has 4 nitrogen and oxygen atoms in total. The molecule has 5 heteroatoms. The molecule has 0 atom stereocenters. The number of hydrogen-bond acceptors (Lipinski definition) is 2. The molecule has 0 fully saturated rings. The van der Waals surface area contributed by atoms with Crippen LogP contribution in [0, 0.1) is 0 Å². The highest BCUT2D eigenvalue weighted by Gasteiger charge is 1.98. The van der Waals surface area contributed by atoms with Crippen LogP contribution >= 0.6 is 11.6 Å². The third kappa shape index (κ3) is 5.48. The topological polar surface area (TPSA) is 67.1 Å². The van der Waals surface area contributed by atoms with E-state index >= 15 is 0 Å². The lowest BCUT2D eigenvalue weighted by molar-refractivity contribution is 0.245. The van der Waals surface area contributed by atoms with E-state index < -0.39 is 0 Å². The molecular formula is C9H16ClN3O. The van der Waals surface area contributed by atoms with E-state index in [1.165, 1.54) is 7.05 Å². The largest absolute Gasteiger partial charge is 0.385 e. The minimum Gasteiger partial charge on any atom is -0.385 e. The molecule has 0 saturated carbocycles. The van der Waals surface area contributed by atoms with Gasteiger partial charge in [-0.1, -0.05) is 13.0 Å². The first kappa shape index (κ1) is 12.8. The summed E-state index contributed by atoms with van der Waals surface area (Å²) in [7, 11) is 1.52. The molecule has 80 valence electrons. The third-order valence-electron chi connectivity index (χ3n) is 1.45. The summed E-state index contributed by atoms with van der Waals surface area (Å²) >= 11 is 5.66. The molecule has 0 spiro atoms. The van der Waals surface area contributed by atoms with Crippen molar-refractivity contribution < 1.29 is 4.79 Å². The fourth-order valence-corrected chi connectivity index (χ4v) is 1.03. The number of alkyl halides is 1. The highest BCUT2D eigenvalue weighted by Crippen LogP contribution is 2.02. The molecule has 0 bridgehead atoms. The molecule has 4 N–H and O–H groups in total. The Hall–Kier alpha value is -1.16. The van der Waals surface area contributed by atoms with E-state index in [1.54, 1.807) is 6.08 Å². The maximum atomic E-state index is 10.9. The molecule has 0 heterocycles. The van der Waals surface area contributed by atoms with Gasteiger partial charge in [0.2, 0.25) is 0 Å². The summed E-state index contributed by atoms with van der Waals surface area (Å²) in [5, 5.41) is 4.84. The number of rotatable bonds is 4. The van der Waals surface area contributed by atoms with Crippen LogP contribution in [0.1, 0.15) is 13.3 Å². The molecule has 0 aliphatic carbocycles. The van der Waals surface area contributed by atoms with Crippen LogP contribution < -0.4 is 16.4 Å². The van der Waals surface area contributed by atoms with Crippen LogP contribution in [0.5, 0.6) is 0 Å². The van der Waals surface area contributed by atoms with E-state index in [1.807, 2.05) is 13.0 Å². The molecule has 0 rings (SSSR count). The Bertz CT molecular complexity index is 248. The predicted molar refractivity (Wildman–Crippen MR) is 59.0 cm³/mol. The Kier molecular flexibility index (Phi) is 6.66. The lowest BCUT2D eigenvalue weighted by Gasteiger charge is -2.04. The van der Waals surface area contributed by atoms with Gasteiger partial charge in [-0.15, -0.1) is 11.6 Å². The highest BCUT2D eigenvalue weighted by molar-refractivity contribution is 6.19. The molecule has 0 unspecified atom stereocenters. The SMILES string of the molecule is CC/C=C(\C=C(/N)NC(=O)NC)CCl. The van der Waals surface area contributed by atoms with Gasteiger partial charge >= 0.3 is 6.03 Å². The van der Waals surface area contributed by atoms with Crippen LogP contribution in [-0.4, -0.2) is 19.0 Å². The minimum absolute atomic E-state index is 0.282. The number of allylic oxidation sites excluding steroid dienone is 3. The van der Waals surface area contributed by atoms with Gasteiger partial charge in [-0.2, -0.15) is 0 Å². The standard InChI is InChI=1S/C9H16ClN3O/c1-3-4-7(6-10)5-8(11)13-9(14)12-2/h4-5H,3,6,11H2,1-2H3,(H2,12,13,14)/b7-4+,8-5+. The molecule has 0 aromatic heterocycles. The number of nitrogens with two attached hydrogens (primary N) is 1. The van der Waals surface area contributed by atoms with Crippen molar-refractivity contribution in [1.29, 1.82) is 0 Å². The van der Waals surface area contributed by atoms with Gasteiger partial charge < -0.3 is 11.1 Å². The molecule has 0 radical (unpaired) electrons. The van der Waals surface area contributed by atoms with E-state index in [0.29, 0.717) is 5.88 Å². The van der Waals surface area contributed by atoms with Crippen molar-refractivity contribution >= 4 is 17.6 Å². The van der Waals surface area contributed by atoms with Gasteiger partial charge in [-0.3, -0.25) is 5.32 Å². The van der Waals surface area contributed by atoms with Crippen LogP contribution in [0.3, 0.4) is 0 Å². The highest BCUT2D eigenvalue weighted by atomic mass is 35.5. The van der Waals surface area contributed by atoms with E-state index in [0.717, 1.165) is 12.0 Å². The maximum absolute atomic E-state index is 10.9. The number of carbonyl (C=O) groups excluding carboxylic acids is 1. The van der Waals surface area contributed by atoms with Gasteiger partial charge in [0, 0.05) is 12.9 Å². The van der Waals surface area contributed by atoms with Gasteiger partial charge in [0.05, 0.1) is 0 Å². The average molecular weight is 218 g/mol. The van der Waals surface area contributed by atoms with E-state index in [2.05, 4.69) is 10.6 Å². The monoisotopic (exact) mass is 217 g/mol. The van der Waals surface area contributed by atoms with Crippen molar-refractivity contribution in [1.82, 2.24) is 10.6 Å². The first-order valence-corrected chi connectivity index (χ1v) is 4.88. The third-order valence-corrected chi connectivity index (χ3v) is 1.76. The maximum Gasteiger partial charge on any atom is 0.320 e. The zero-order valence-corrected chi connectivity index (χ0v) is 9.19. The van der Waals surface area contributed by atoms with Crippen LogP contribution in [0.4, 0.5) is 4.79 Å². The van der Waals surface area contributed by atoms with Crippen molar-refractivity contribution in [2.24, 2.45) is 5.73 Å². The molecule has 0 aliphatic heterocycles. The molecule has 14 heavy (non-hydrogen) atoms. The summed E-state index contributed by atoms with van der Waals surface area (Å²) in [5.74, 6) is 0.661. The van der Waals surface area contributed by atoms with Crippen LogP contribution in [0.15, 0.2) is 23.5 Å². The summed E-state index contributed by atoms with van der Waals surface area (Å²) in [6.45, 7) is 2.00. The van der Waals surface area contributed by atoms with Gasteiger partial charge in [0.1, 0.15) is 5.82 Å². The second-order valence-electron chi connectivity index (χ2n) is 2.62. The normalized spacial score (nSPS) is 12.5.